The summed E-state index contributed by atoms with van der Waals surface area (Å²) >= 11 is 0. The molecule has 1 N–H and O–H groups in total. The highest BCUT2D eigenvalue weighted by molar-refractivity contribution is 5.85. The van der Waals surface area contributed by atoms with Crippen molar-refractivity contribution in [1.82, 2.24) is 15.2 Å². The Bertz CT molecular complexity index is 295. The number of nitrogens with one attached hydrogen (secondary N) is 1. The zero-order chi connectivity index (χ0) is 11.1. The first-order chi connectivity index (χ1) is 7.95. The third-order valence-electron chi connectivity index (χ3n) is 2.74. The molecule has 6 heteroatoms. The first kappa shape index (κ1) is 17.6. The molecule has 4 nitrogen and oxygen atoms in total. The molecule has 0 amide bonds. The van der Waals surface area contributed by atoms with E-state index in [1.807, 2.05) is 24.4 Å². The smallest absolute Gasteiger partial charge is 0.0594 e. The lowest BCUT2D eigenvalue weighted by molar-refractivity contribution is 0.0384. The number of nitrogens with zero attached hydrogens (tertiary/aromatic N) is 2. The van der Waals surface area contributed by atoms with Crippen LogP contribution in [0.25, 0.3) is 0 Å². The van der Waals surface area contributed by atoms with Crippen LogP contribution in [0, 0.1) is 0 Å². The zero-order valence-electron chi connectivity index (χ0n) is 10.4. The third-order valence-corrected chi connectivity index (χ3v) is 2.74. The molecule has 0 atom stereocenters. The van der Waals surface area contributed by atoms with E-state index in [9.17, 15) is 0 Å². The fourth-order valence-electron chi connectivity index (χ4n) is 1.78. The summed E-state index contributed by atoms with van der Waals surface area (Å²) in [5.41, 5.74) is 1.10. The van der Waals surface area contributed by atoms with Crippen molar-refractivity contribution in [3.05, 3.63) is 30.1 Å². The van der Waals surface area contributed by atoms with Crippen LogP contribution >= 0.6 is 24.8 Å². The van der Waals surface area contributed by atoms with Crippen LogP contribution in [0.3, 0.4) is 0 Å². The van der Waals surface area contributed by atoms with Gasteiger partial charge >= 0.3 is 0 Å². The van der Waals surface area contributed by atoms with Gasteiger partial charge in [-0.25, -0.2) is 0 Å². The molecule has 1 fully saturated rings. The van der Waals surface area contributed by atoms with E-state index in [1.165, 1.54) is 0 Å². The summed E-state index contributed by atoms with van der Waals surface area (Å²) in [6.07, 6.45) is 1.83. The van der Waals surface area contributed by atoms with Crippen LogP contribution in [-0.2, 0) is 11.3 Å². The molecular formula is C12H21Cl2N3O. The monoisotopic (exact) mass is 293 g/mol. The molecule has 1 aromatic heterocycles. The lowest BCUT2D eigenvalue weighted by atomic mass is 10.3. The van der Waals surface area contributed by atoms with Crippen molar-refractivity contribution in [2.24, 2.45) is 0 Å². The topological polar surface area (TPSA) is 37.4 Å². The molecule has 1 aliphatic heterocycles. The number of pyridine rings is 1. The Balaban J connectivity index is 0.00000144. The van der Waals surface area contributed by atoms with Crippen LogP contribution in [0.4, 0.5) is 0 Å². The summed E-state index contributed by atoms with van der Waals surface area (Å²) in [6.45, 7) is 6.83. The van der Waals surface area contributed by atoms with E-state index >= 15 is 0 Å². The lowest BCUT2D eigenvalue weighted by Gasteiger charge is -2.26. The van der Waals surface area contributed by atoms with Crippen LogP contribution in [0.15, 0.2) is 24.4 Å². The van der Waals surface area contributed by atoms with Crippen LogP contribution < -0.4 is 5.32 Å². The molecule has 0 aliphatic carbocycles. The van der Waals surface area contributed by atoms with E-state index in [0.29, 0.717) is 0 Å². The molecule has 0 spiro atoms. The Kier molecular flexibility index (Phi) is 10.3. The number of hydrogen-bond acceptors (Lipinski definition) is 4. The first-order valence-corrected chi connectivity index (χ1v) is 5.86. The molecule has 2 rings (SSSR count). The Morgan fingerprint density at radius 1 is 1.22 bits per heavy atom. The van der Waals surface area contributed by atoms with Crippen molar-refractivity contribution in [3.8, 4) is 0 Å². The van der Waals surface area contributed by atoms with E-state index in [1.54, 1.807) is 0 Å². The van der Waals surface area contributed by atoms with E-state index < -0.39 is 0 Å². The number of ether oxygens (including phenoxy) is 1. The summed E-state index contributed by atoms with van der Waals surface area (Å²) in [6, 6.07) is 6.00. The van der Waals surface area contributed by atoms with Gasteiger partial charge in [-0.3, -0.25) is 9.88 Å². The summed E-state index contributed by atoms with van der Waals surface area (Å²) in [7, 11) is 0. The standard InChI is InChI=1S/C12H19N3O.2ClH/c1-2-4-14-12(3-1)11-13-5-6-15-7-9-16-10-8-15;;/h1-4,13H,5-11H2;2*1H. The summed E-state index contributed by atoms with van der Waals surface area (Å²) < 4.78 is 5.30. The fraction of sp³-hybridized carbons (Fsp3) is 0.583. The number of aromatic nitrogens is 1. The SMILES string of the molecule is Cl.Cl.c1ccc(CNCCN2CCOCC2)nc1. The maximum absolute atomic E-state index is 5.30. The van der Waals surface area contributed by atoms with Crippen LogP contribution in [-0.4, -0.2) is 49.3 Å². The number of morpholine rings is 1. The second-order valence-corrected chi connectivity index (χ2v) is 3.95. The first-order valence-electron chi connectivity index (χ1n) is 5.86. The average molecular weight is 294 g/mol. The molecule has 1 aromatic rings. The zero-order valence-corrected chi connectivity index (χ0v) is 12.0. The Hall–Kier alpha value is -0.390. The van der Waals surface area contributed by atoms with Gasteiger partial charge in [0.25, 0.3) is 0 Å². The number of hydrogen-bond donors (Lipinski definition) is 1. The van der Waals surface area contributed by atoms with Gasteiger partial charge < -0.3 is 10.1 Å². The molecule has 1 saturated heterocycles. The molecule has 0 saturated carbocycles. The van der Waals surface area contributed by atoms with Gasteiger partial charge in [-0.15, -0.1) is 24.8 Å². The highest BCUT2D eigenvalue weighted by Gasteiger charge is 2.08. The Morgan fingerprint density at radius 3 is 2.67 bits per heavy atom. The van der Waals surface area contributed by atoms with Gasteiger partial charge in [0.2, 0.25) is 0 Å². The fourth-order valence-corrected chi connectivity index (χ4v) is 1.78. The minimum absolute atomic E-state index is 0. The van der Waals surface area contributed by atoms with Crippen molar-refractivity contribution in [3.63, 3.8) is 0 Å². The van der Waals surface area contributed by atoms with E-state index in [0.717, 1.165) is 51.6 Å². The highest BCUT2D eigenvalue weighted by Crippen LogP contribution is 1.95. The highest BCUT2D eigenvalue weighted by atomic mass is 35.5. The van der Waals surface area contributed by atoms with Gasteiger partial charge in [-0.05, 0) is 12.1 Å². The normalized spacial score (nSPS) is 15.6. The summed E-state index contributed by atoms with van der Waals surface area (Å²) in [5, 5.41) is 3.40. The quantitative estimate of drug-likeness (QED) is 0.832. The van der Waals surface area contributed by atoms with Crippen molar-refractivity contribution < 1.29 is 4.74 Å². The van der Waals surface area contributed by atoms with Gasteiger partial charge in [0.05, 0.1) is 18.9 Å². The largest absolute Gasteiger partial charge is 0.379 e. The molecule has 0 aromatic carbocycles. The van der Waals surface area contributed by atoms with Gasteiger partial charge in [-0.1, -0.05) is 6.07 Å². The molecule has 1 aliphatic rings. The molecule has 2 heterocycles. The van der Waals surface area contributed by atoms with Gasteiger partial charge in [-0.2, -0.15) is 0 Å². The van der Waals surface area contributed by atoms with Crippen LogP contribution in [0.1, 0.15) is 5.69 Å². The van der Waals surface area contributed by atoms with Crippen molar-refractivity contribution in [2.45, 2.75) is 6.54 Å². The second kappa shape index (κ2) is 10.5. The van der Waals surface area contributed by atoms with Crippen molar-refractivity contribution >= 4 is 24.8 Å². The molecule has 0 radical (unpaired) electrons. The third kappa shape index (κ3) is 6.52. The maximum atomic E-state index is 5.30. The predicted octanol–water partition coefficient (Wildman–Crippen LogP) is 1.35. The van der Waals surface area contributed by atoms with Crippen LogP contribution in [0.2, 0.25) is 0 Å². The van der Waals surface area contributed by atoms with Gasteiger partial charge in [0.1, 0.15) is 0 Å². The van der Waals surface area contributed by atoms with Gasteiger partial charge in [0, 0.05) is 38.9 Å². The number of halogens is 2. The lowest BCUT2D eigenvalue weighted by Crippen LogP contribution is -2.40. The maximum Gasteiger partial charge on any atom is 0.0594 e. The van der Waals surface area contributed by atoms with E-state index in [2.05, 4.69) is 15.2 Å². The van der Waals surface area contributed by atoms with E-state index in [-0.39, 0.29) is 24.8 Å². The molecular weight excluding hydrogens is 273 g/mol. The molecule has 18 heavy (non-hydrogen) atoms. The van der Waals surface area contributed by atoms with Crippen LogP contribution in [0.5, 0.6) is 0 Å². The molecule has 0 unspecified atom stereocenters. The van der Waals surface area contributed by atoms with Crippen molar-refractivity contribution in [2.75, 3.05) is 39.4 Å². The number of rotatable bonds is 5. The van der Waals surface area contributed by atoms with Gasteiger partial charge in [0.15, 0.2) is 0 Å². The predicted molar refractivity (Wildman–Crippen MR) is 77.7 cm³/mol. The summed E-state index contributed by atoms with van der Waals surface area (Å²) in [5.74, 6) is 0. The average Bonchev–Trinajstić information content (AvgIpc) is 2.37. The Morgan fingerprint density at radius 2 is 2.00 bits per heavy atom. The minimum atomic E-state index is 0. The minimum Gasteiger partial charge on any atom is -0.379 e. The second-order valence-electron chi connectivity index (χ2n) is 3.95. The molecule has 104 valence electrons. The van der Waals surface area contributed by atoms with Crippen molar-refractivity contribution in [1.29, 1.82) is 0 Å². The summed E-state index contributed by atoms with van der Waals surface area (Å²) in [4.78, 5) is 6.69. The molecule has 0 bridgehead atoms. The Labute approximate surface area is 121 Å². The van der Waals surface area contributed by atoms with E-state index in [4.69, 9.17) is 4.74 Å².